The normalized spacial score (nSPS) is 14.5. The first kappa shape index (κ1) is 22.0. The minimum Gasteiger partial charge on any atom is -0.441 e. The zero-order valence-corrected chi connectivity index (χ0v) is 17.9. The highest BCUT2D eigenvalue weighted by Crippen LogP contribution is 2.11. The molecule has 3 rings (SSSR count). The Morgan fingerprint density at radius 3 is 2.00 bits per heavy atom. The summed E-state index contributed by atoms with van der Waals surface area (Å²) in [5.74, 6) is -0.0758. The number of carbonyl (C=O) groups excluding carboxylic acids is 2. The average molecular weight is 409 g/mol. The highest BCUT2D eigenvalue weighted by Gasteiger charge is 2.20. The molecule has 0 spiro atoms. The molecule has 0 unspecified atom stereocenters. The fourth-order valence-corrected chi connectivity index (χ4v) is 3.63. The van der Waals surface area contributed by atoms with Crippen LogP contribution in [0.4, 0.5) is 4.79 Å². The molecule has 5 nitrogen and oxygen atoms in total. The number of amides is 1. The number of hydrogen-bond donors (Lipinski definition) is 0. The molecule has 0 aromatic heterocycles. The second kappa shape index (κ2) is 11.5. The highest BCUT2D eigenvalue weighted by atomic mass is 16.6. The van der Waals surface area contributed by atoms with Crippen molar-refractivity contribution in [3.05, 3.63) is 71.3 Å². The maximum atomic E-state index is 12.2. The quantitative estimate of drug-likeness (QED) is 0.593. The van der Waals surface area contributed by atoms with Crippen LogP contribution in [0.5, 0.6) is 0 Å². The number of rotatable bonds is 9. The molecule has 5 heteroatoms. The van der Waals surface area contributed by atoms with Crippen LogP contribution in [-0.4, -0.2) is 61.5 Å². The Hall–Kier alpha value is -2.66. The van der Waals surface area contributed by atoms with E-state index in [0.29, 0.717) is 19.5 Å². The number of carbonyl (C=O) groups is 2. The van der Waals surface area contributed by atoms with Gasteiger partial charge in [-0.1, -0.05) is 54.6 Å². The molecule has 1 aliphatic heterocycles. The van der Waals surface area contributed by atoms with E-state index in [-0.39, 0.29) is 18.5 Å². The van der Waals surface area contributed by atoms with E-state index in [0.717, 1.165) is 37.9 Å². The van der Waals surface area contributed by atoms with Crippen molar-refractivity contribution in [2.75, 3.05) is 39.8 Å². The first-order valence-electron chi connectivity index (χ1n) is 10.8. The third-order valence-electron chi connectivity index (χ3n) is 5.57. The zero-order chi connectivity index (χ0) is 21.2. The predicted molar refractivity (Wildman–Crippen MR) is 119 cm³/mol. The van der Waals surface area contributed by atoms with E-state index in [9.17, 15) is 9.59 Å². The Morgan fingerprint density at radius 1 is 0.800 bits per heavy atom. The fourth-order valence-electron chi connectivity index (χ4n) is 3.63. The van der Waals surface area contributed by atoms with E-state index in [1.165, 1.54) is 17.5 Å². The van der Waals surface area contributed by atoms with E-state index in [2.05, 4.69) is 41.3 Å². The van der Waals surface area contributed by atoms with Crippen LogP contribution in [0, 0.1) is 0 Å². The summed E-state index contributed by atoms with van der Waals surface area (Å²) < 4.78 is 5.20. The predicted octanol–water partition coefficient (Wildman–Crippen LogP) is 3.75. The summed E-state index contributed by atoms with van der Waals surface area (Å²) >= 11 is 0. The van der Waals surface area contributed by atoms with Gasteiger partial charge in [0, 0.05) is 32.6 Å². The van der Waals surface area contributed by atoms with Crippen molar-refractivity contribution < 1.29 is 14.3 Å². The lowest BCUT2D eigenvalue weighted by Crippen LogP contribution is -2.47. The third kappa shape index (κ3) is 7.30. The SMILES string of the molecule is CN1CCN(C(=O)OCC(=O)Cc2ccc(CCCCc3ccccc3)cc2)CC1. The summed E-state index contributed by atoms with van der Waals surface area (Å²) in [5.41, 5.74) is 3.64. The van der Waals surface area contributed by atoms with Crippen molar-refractivity contribution in [1.29, 1.82) is 0 Å². The van der Waals surface area contributed by atoms with Gasteiger partial charge in [0.2, 0.25) is 0 Å². The van der Waals surface area contributed by atoms with Crippen LogP contribution < -0.4 is 0 Å². The summed E-state index contributed by atoms with van der Waals surface area (Å²) in [6.45, 7) is 2.81. The highest BCUT2D eigenvalue weighted by molar-refractivity contribution is 5.84. The van der Waals surface area contributed by atoms with Crippen LogP contribution in [0.25, 0.3) is 0 Å². The molecule has 0 aliphatic carbocycles. The van der Waals surface area contributed by atoms with Crippen LogP contribution >= 0.6 is 0 Å². The van der Waals surface area contributed by atoms with E-state index in [1.54, 1.807) is 4.90 Å². The van der Waals surface area contributed by atoms with Gasteiger partial charge in [0.05, 0.1) is 0 Å². The van der Waals surface area contributed by atoms with E-state index in [4.69, 9.17) is 4.74 Å². The summed E-state index contributed by atoms with van der Waals surface area (Å²) in [6, 6.07) is 18.8. The second-order valence-corrected chi connectivity index (χ2v) is 8.07. The Kier molecular flexibility index (Phi) is 8.45. The first-order valence-corrected chi connectivity index (χ1v) is 10.8. The van der Waals surface area contributed by atoms with Crippen molar-refractivity contribution in [3.63, 3.8) is 0 Å². The van der Waals surface area contributed by atoms with Gasteiger partial charge in [-0.2, -0.15) is 0 Å². The fraction of sp³-hybridized carbons (Fsp3) is 0.440. The number of unbranched alkanes of at least 4 members (excludes halogenated alkanes) is 1. The second-order valence-electron chi connectivity index (χ2n) is 8.07. The van der Waals surface area contributed by atoms with Gasteiger partial charge < -0.3 is 14.5 Å². The smallest absolute Gasteiger partial charge is 0.410 e. The Labute approximate surface area is 179 Å². The molecule has 0 N–H and O–H groups in total. The summed E-state index contributed by atoms with van der Waals surface area (Å²) in [7, 11) is 2.03. The molecular weight excluding hydrogens is 376 g/mol. The zero-order valence-electron chi connectivity index (χ0n) is 17.9. The maximum absolute atomic E-state index is 12.2. The van der Waals surface area contributed by atoms with Crippen LogP contribution in [0.2, 0.25) is 0 Å². The lowest BCUT2D eigenvalue weighted by Gasteiger charge is -2.31. The molecule has 0 bridgehead atoms. The molecule has 1 heterocycles. The monoisotopic (exact) mass is 408 g/mol. The van der Waals surface area contributed by atoms with Gasteiger partial charge in [-0.25, -0.2) is 4.79 Å². The van der Waals surface area contributed by atoms with Crippen molar-refractivity contribution >= 4 is 11.9 Å². The van der Waals surface area contributed by atoms with Crippen molar-refractivity contribution in [1.82, 2.24) is 9.80 Å². The minimum absolute atomic E-state index is 0.0758. The molecular formula is C25H32N2O3. The average Bonchev–Trinajstić information content (AvgIpc) is 2.77. The number of aryl methyl sites for hydroxylation is 2. The van der Waals surface area contributed by atoms with Crippen LogP contribution in [-0.2, 0) is 28.8 Å². The number of ketones is 1. The first-order chi connectivity index (χ1) is 14.6. The number of hydrogen-bond acceptors (Lipinski definition) is 4. The molecule has 1 aliphatic rings. The summed E-state index contributed by atoms with van der Waals surface area (Å²) in [5, 5.41) is 0. The Bertz CT molecular complexity index is 797. The summed E-state index contributed by atoms with van der Waals surface area (Å²) in [6.07, 6.45) is 4.38. The third-order valence-corrected chi connectivity index (χ3v) is 5.57. The number of Topliss-reactive ketones (excluding diaryl/α,β-unsaturated/α-hetero) is 1. The van der Waals surface area contributed by atoms with Gasteiger partial charge in [-0.05, 0) is 49.4 Å². The topological polar surface area (TPSA) is 49.9 Å². The molecule has 2 aromatic rings. The van der Waals surface area contributed by atoms with Gasteiger partial charge in [0.15, 0.2) is 12.4 Å². The van der Waals surface area contributed by atoms with Crippen LogP contribution in [0.3, 0.4) is 0 Å². The minimum atomic E-state index is -0.387. The summed E-state index contributed by atoms with van der Waals surface area (Å²) in [4.78, 5) is 28.1. The molecule has 160 valence electrons. The van der Waals surface area contributed by atoms with Gasteiger partial charge in [0.1, 0.15) is 0 Å². The van der Waals surface area contributed by atoms with Gasteiger partial charge in [-0.3, -0.25) is 4.79 Å². The van der Waals surface area contributed by atoms with Gasteiger partial charge in [-0.15, -0.1) is 0 Å². The number of piperazine rings is 1. The molecule has 0 saturated carbocycles. The molecule has 0 radical (unpaired) electrons. The van der Waals surface area contributed by atoms with Crippen molar-refractivity contribution in [2.24, 2.45) is 0 Å². The Morgan fingerprint density at radius 2 is 1.37 bits per heavy atom. The Balaban J connectivity index is 1.33. The number of ether oxygens (including phenoxy) is 1. The van der Waals surface area contributed by atoms with Crippen molar-refractivity contribution in [3.8, 4) is 0 Å². The number of nitrogens with zero attached hydrogens (tertiary/aromatic N) is 2. The lowest BCUT2D eigenvalue weighted by atomic mass is 10.0. The van der Waals surface area contributed by atoms with E-state index >= 15 is 0 Å². The largest absolute Gasteiger partial charge is 0.441 e. The molecule has 1 saturated heterocycles. The lowest BCUT2D eigenvalue weighted by molar-refractivity contribution is -0.121. The number of likely N-dealkylation sites (N-methyl/N-ethyl adjacent to an activating group) is 1. The molecule has 30 heavy (non-hydrogen) atoms. The van der Waals surface area contributed by atoms with Gasteiger partial charge in [0.25, 0.3) is 0 Å². The molecule has 0 atom stereocenters. The number of benzene rings is 2. The molecule has 1 amide bonds. The standard InChI is InChI=1S/C25H32N2O3/c1-26-15-17-27(18-16-26)25(29)30-20-24(28)19-23-13-11-22(12-14-23)10-6-5-9-21-7-3-2-4-8-21/h2-4,7-8,11-14H,5-6,9-10,15-20H2,1H3. The maximum Gasteiger partial charge on any atom is 0.410 e. The van der Waals surface area contributed by atoms with Crippen LogP contribution in [0.15, 0.2) is 54.6 Å². The van der Waals surface area contributed by atoms with Crippen LogP contribution in [0.1, 0.15) is 29.5 Å². The van der Waals surface area contributed by atoms with E-state index < -0.39 is 0 Å². The molecule has 2 aromatic carbocycles. The van der Waals surface area contributed by atoms with E-state index in [1.807, 2.05) is 25.2 Å². The van der Waals surface area contributed by atoms with Gasteiger partial charge >= 0.3 is 6.09 Å². The molecule has 1 fully saturated rings. The van der Waals surface area contributed by atoms with Crippen molar-refractivity contribution in [2.45, 2.75) is 32.1 Å².